The molecule has 2 bridgehead atoms. The molecule has 3 amide bonds. The van der Waals surface area contributed by atoms with E-state index in [1.54, 1.807) is 4.90 Å². The Balaban J connectivity index is 0.998. The van der Waals surface area contributed by atoms with E-state index in [-0.39, 0.29) is 47.0 Å². The van der Waals surface area contributed by atoms with Gasteiger partial charge in [0.2, 0.25) is 17.7 Å². The Morgan fingerprint density at radius 1 is 1.03 bits per heavy atom. The number of anilines is 1. The molecule has 2 aliphatic heterocycles. The molecule has 2 heterocycles. The lowest BCUT2D eigenvalue weighted by atomic mass is 9.33. The van der Waals surface area contributed by atoms with Crippen molar-refractivity contribution in [3.8, 4) is 0 Å². The summed E-state index contributed by atoms with van der Waals surface area (Å²) in [4.78, 5) is 50.6. The molecule has 0 aromatic heterocycles. The summed E-state index contributed by atoms with van der Waals surface area (Å²) < 4.78 is 29.6. The fourth-order valence-corrected chi connectivity index (χ4v) is 6.78. The fourth-order valence-electron chi connectivity index (χ4n) is 6.78. The van der Waals surface area contributed by atoms with Gasteiger partial charge in [-0.2, -0.15) is 0 Å². The molecular weight excluding hydrogens is 480 g/mol. The van der Waals surface area contributed by atoms with Crippen LogP contribution in [0.4, 0.5) is 14.5 Å². The fraction of sp³-hybridized carbons (Fsp3) is 0.429. The molecular formula is C28H27F2N3O4. The third-order valence-electron chi connectivity index (χ3n) is 8.46. The number of hydrogen-bond donors (Lipinski definition) is 2. The first-order valence-corrected chi connectivity index (χ1v) is 12.6. The molecule has 37 heavy (non-hydrogen) atoms. The van der Waals surface area contributed by atoms with Crippen LogP contribution in [0.3, 0.4) is 0 Å². The number of amides is 3. The minimum Gasteiger partial charge on any atom is -0.367 e. The lowest BCUT2D eigenvalue weighted by Crippen LogP contribution is -2.67. The largest absolute Gasteiger partial charge is 0.367 e. The molecule has 3 saturated carbocycles. The molecule has 192 valence electrons. The van der Waals surface area contributed by atoms with Crippen LogP contribution in [0.1, 0.15) is 60.4 Å². The third-order valence-corrected chi connectivity index (χ3v) is 8.46. The summed E-state index contributed by atoms with van der Waals surface area (Å²) in [6, 6.07) is 11.6. The minimum atomic E-state index is -1.03. The summed E-state index contributed by atoms with van der Waals surface area (Å²) >= 11 is 0. The first-order chi connectivity index (χ1) is 17.7. The molecule has 7 nitrogen and oxygen atoms in total. The highest BCUT2D eigenvalue weighted by molar-refractivity contribution is 6.03. The number of piperidine rings is 1. The van der Waals surface area contributed by atoms with E-state index >= 15 is 0 Å². The number of carbonyl (C=O) groups is 4. The molecule has 3 aliphatic carbocycles. The predicted octanol–water partition coefficient (Wildman–Crippen LogP) is 3.23. The highest BCUT2D eigenvalue weighted by Gasteiger charge is 2.71. The first kappa shape index (κ1) is 23.8. The highest BCUT2D eigenvalue weighted by Crippen LogP contribution is 2.75. The molecule has 0 radical (unpaired) electrons. The number of Topliss-reactive ketones (excluding diaryl/α,β-unsaturated/α-hetero) is 1. The molecule has 9 heteroatoms. The second-order valence-corrected chi connectivity index (χ2v) is 11.2. The van der Waals surface area contributed by atoms with Crippen LogP contribution >= 0.6 is 0 Å². The lowest BCUT2D eigenvalue weighted by Gasteiger charge is -2.69. The van der Waals surface area contributed by atoms with Gasteiger partial charge in [-0.1, -0.05) is 30.3 Å². The van der Waals surface area contributed by atoms with Gasteiger partial charge in [0.15, 0.2) is 5.78 Å². The summed E-state index contributed by atoms with van der Waals surface area (Å²) in [7, 11) is 0. The van der Waals surface area contributed by atoms with Gasteiger partial charge < -0.3 is 10.2 Å². The zero-order valence-corrected chi connectivity index (χ0v) is 20.2. The average molecular weight is 508 g/mol. The standard InChI is InChI=1S/C28H27F2N3O4/c29-20-8-18(9-21(30)24(20)19-6-7-22(34)32-26(19)37)33-11-17(12-33)31-23(35)10-27-13-28(14-27,15-27)25(36)16-4-2-1-3-5-16/h1-5,8-9,17,19H,6-7,10-15H2,(H,31,35)(H,32,34,37). The summed E-state index contributed by atoms with van der Waals surface area (Å²) in [5.74, 6) is -3.69. The second-order valence-electron chi connectivity index (χ2n) is 11.2. The second kappa shape index (κ2) is 8.46. The molecule has 5 fully saturated rings. The van der Waals surface area contributed by atoms with Gasteiger partial charge in [-0.25, -0.2) is 8.78 Å². The number of nitrogens with zero attached hydrogens (tertiary/aromatic N) is 1. The van der Waals surface area contributed by atoms with Crippen LogP contribution in [-0.4, -0.2) is 42.6 Å². The van der Waals surface area contributed by atoms with Crippen molar-refractivity contribution in [3.05, 3.63) is 65.2 Å². The summed E-state index contributed by atoms with van der Waals surface area (Å²) in [5.41, 5.74) is 0.366. The van der Waals surface area contributed by atoms with Crippen molar-refractivity contribution in [3.63, 3.8) is 0 Å². The number of imide groups is 1. The number of benzene rings is 2. The van der Waals surface area contributed by atoms with Crippen LogP contribution in [0.2, 0.25) is 0 Å². The van der Waals surface area contributed by atoms with Crippen LogP contribution in [-0.2, 0) is 14.4 Å². The maximum atomic E-state index is 14.8. The van der Waals surface area contributed by atoms with Gasteiger partial charge in [-0.05, 0) is 43.2 Å². The number of ketones is 1. The maximum Gasteiger partial charge on any atom is 0.234 e. The Hall–Kier alpha value is -3.62. The Bertz CT molecular complexity index is 1280. The van der Waals surface area contributed by atoms with Crippen molar-refractivity contribution >= 4 is 29.2 Å². The molecule has 1 atom stereocenters. The minimum absolute atomic E-state index is 0.0378. The number of halogens is 2. The molecule has 2 N–H and O–H groups in total. The van der Waals surface area contributed by atoms with Crippen LogP contribution in [0.5, 0.6) is 0 Å². The van der Waals surface area contributed by atoms with E-state index in [0.717, 1.165) is 24.8 Å². The van der Waals surface area contributed by atoms with Crippen LogP contribution in [0.25, 0.3) is 0 Å². The Morgan fingerprint density at radius 2 is 1.68 bits per heavy atom. The molecule has 2 saturated heterocycles. The molecule has 0 spiro atoms. The molecule has 2 aromatic rings. The summed E-state index contributed by atoms with van der Waals surface area (Å²) in [5, 5.41) is 5.13. The SMILES string of the molecule is O=C1CCC(c2c(F)cc(N3CC(NC(=O)CC45CC(C(=O)c6ccccc6)(C4)C5)C3)cc2F)C(=O)N1. The van der Waals surface area contributed by atoms with Crippen LogP contribution in [0, 0.1) is 22.5 Å². The molecule has 5 aliphatic rings. The van der Waals surface area contributed by atoms with E-state index in [1.807, 2.05) is 30.3 Å². The summed E-state index contributed by atoms with van der Waals surface area (Å²) in [6.07, 6.45) is 2.73. The van der Waals surface area contributed by atoms with Crippen molar-refractivity contribution in [2.75, 3.05) is 18.0 Å². The zero-order chi connectivity index (χ0) is 25.9. The van der Waals surface area contributed by atoms with Gasteiger partial charge in [-0.15, -0.1) is 0 Å². The molecule has 7 rings (SSSR count). The van der Waals surface area contributed by atoms with Crippen LogP contribution in [0.15, 0.2) is 42.5 Å². The lowest BCUT2D eigenvalue weighted by molar-refractivity contribution is -0.178. The van der Waals surface area contributed by atoms with Gasteiger partial charge in [0.25, 0.3) is 0 Å². The first-order valence-electron chi connectivity index (χ1n) is 12.6. The Morgan fingerprint density at radius 3 is 2.30 bits per heavy atom. The Labute approximate surface area is 212 Å². The van der Waals surface area contributed by atoms with Crippen molar-refractivity contribution < 1.29 is 28.0 Å². The van der Waals surface area contributed by atoms with Crippen LogP contribution < -0.4 is 15.5 Å². The van der Waals surface area contributed by atoms with Gasteiger partial charge in [-0.3, -0.25) is 24.5 Å². The van der Waals surface area contributed by atoms with E-state index in [9.17, 15) is 28.0 Å². The van der Waals surface area contributed by atoms with Gasteiger partial charge in [0.1, 0.15) is 11.6 Å². The van der Waals surface area contributed by atoms with Crippen molar-refractivity contribution in [1.29, 1.82) is 0 Å². The molecule has 1 unspecified atom stereocenters. The van der Waals surface area contributed by atoms with Crippen molar-refractivity contribution in [1.82, 2.24) is 10.6 Å². The zero-order valence-electron chi connectivity index (χ0n) is 20.2. The van der Waals surface area contributed by atoms with Gasteiger partial charge >= 0.3 is 0 Å². The average Bonchev–Trinajstić information content (AvgIpc) is 2.78. The van der Waals surface area contributed by atoms with Crippen molar-refractivity contribution in [2.45, 2.75) is 50.5 Å². The smallest absolute Gasteiger partial charge is 0.234 e. The normalized spacial score (nSPS) is 28.5. The number of rotatable bonds is 7. The van der Waals surface area contributed by atoms with Gasteiger partial charge in [0.05, 0.1) is 12.0 Å². The number of hydrogen-bond acceptors (Lipinski definition) is 5. The maximum absolute atomic E-state index is 14.8. The Kier molecular flexibility index (Phi) is 5.43. The highest BCUT2D eigenvalue weighted by atomic mass is 19.1. The predicted molar refractivity (Wildman–Crippen MR) is 130 cm³/mol. The third kappa shape index (κ3) is 4.01. The molecule has 2 aromatic carbocycles. The number of carbonyl (C=O) groups excluding carboxylic acids is 4. The van der Waals surface area contributed by atoms with E-state index < -0.39 is 29.4 Å². The van der Waals surface area contributed by atoms with Crippen molar-refractivity contribution in [2.24, 2.45) is 10.8 Å². The van der Waals surface area contributed by atoms with Gasteiger partial charge in [0, 0.05) is 48.2 Å². The van der Waals surface area contributed by atoms with E-state index in [2.05, 4.69) is 10.6 Å². The topological polar surface area (TPSA) is 95.6 Å². The van der Waals surface area contributed by atoms with E-state index in [0.29, 0.717) is 25.2 Å². The quantitative estimate of drug-likeness (QED) is 0.443. The monoisotopic (exact) mass is 507 g/mol. The van der Waals surface area contributed by atoms with E-state index in [1.165, 1.54) is 12.1 Å². The summed E-state index contributed by atoms with van der Waals surface area (Å²) in [6.45, 7) is 0.845. The van der Waals surface area contributed by atoms with E-state index in [4.69, 9.17) is 0 Å². The number of nitrogens with one attached hydrogen (secondary N) is 2.